The van der Waals surface area contributed by atoms with Crippen molar-refractivity contribution < 1.29 is 0 Å². The van der Waals surface area contributed by atoms with Gasteiger partial charge in [-0.2, -0.15) is 0 Å². The van der Waals surface area contributed by atoms with Gasteiger partial charge in [-0.05, 0) is 31.8 Å². The molecule has 0 aromatic rings. The van der Waals surface area contributed by atoms with E-state index < -0.39 is 0 Å². The zero-order chi connectivity index (χ0) is 7.07. The molecule has 0 unspecified atom stereocenters. The molecular weight excluding hydrogens is 120 g/mol. The van der Waals surface area contributed by atoms with E-state index in [0.29, 0.717) is 0 Å². The Morgan fingerprint density at radius 1 is 0.900 bits per heavy atom. The summed E-state index contributed by atoms with van der Waals surface area (Å²) >= 11 is 0. The maximum absolute atomic E-state index is 3.19. The van der Waals surface area contributed by atoms with Gasteiger partial charge in [0.2, 0.25) is 0 Å². The summed E-state index contributed by atoms with van der Waals surface area (Å²) in [5.41, 5.74) is 0. The summed E-state index contributed by atoms with van der Waals surface area (Å²) < 4.78 is 0. The summed E-state index contributed by atoms with van der Waals surface area (Å²) in [5.74, 6) is 0. The van der Waals surface area contributed by atoms with Crippen molar-refractivity contribution in [1.29, 1.82) is 0 Å². The van der Waals surface area contributed by atoms with Gasteiger partial charge in [-0.1, -0.05) is 30.4 Å². The molecule has 0 spiro atoms. The van der Waals surface area contributed by atoms with Crippen molar-refractivity contribution in [2.45, 2.75) is 25.7 Å². The van der Waals surface area contributed by atoms with Gasteiger partial charge in [0.25, 0.3) is 0 Å². The number of allylic oxidation sites excluding steroid dienone is 6. The second-order valence-corrected chi connectivity index (χ2v) is 2.37. The minimum Gasteiger partial charge on any atom is -0.0879 e. The van der Waals surface area contributed by atoms with Crippen LogP contribution in [0.4, 0.5) is 0 Å². The van der Waals surface area contributed by atoms with E-state index in [0.717, 1.165) is 12.8 Å². The fourth-order valence-corrected chi connectivity index (χ4v) is 0.910. The fourth-order valence-electron chi connectivity index (χ4n) is 0.910. The Hall–Kier alpha value is -0.780. The third kappa shape index (κ3) is 3.29. The van der Waals surface area contributed by atoms with Crippen molar-refractivity contribution >= 4 is 0 Å². The van der Waals surface area contributed by atoms with Crippen LogP contribution in [0.3, 0.4) is 0 Å². The summed E-state index contributed by atoms with van der Waals surface area (Å²) in [4.78, 5) is 0. The molecule has 1 aliphatic rings. The van der Waals surface area contributed by atoms with Crippen LogP contribution in [0.15, 0.2) is 30.4 Å². The lowest BCUT2D eigenvalue weighted by Gasteiger charge is -1.89. The molecule has 0 N–H and O–H groups in total. The molecule has 0 fully saturated rings. The van der Waals surface area contributed by atoms with Crippen LogP contribution in [-0.2, 0) is 0 Å². The average Bonchev–Trinajstić information content (AvgIpc) is 2.01. The molecular formula is C10H13. The minimum atomic E-state index is 0.980. The molecule has 53 valence electrons. The maximum Gasteiger partial charge on any atom is -0.00978 e. The molecule has 0 saturated carbocycles. The molecule has 0 nitrogen and oxygen atoms in total. The first-order chi connectivity index (χ1) is 5.00. The Bertz CT molecular complexity index is 131. The van der Waals surface area contributed by atoms with Crippen LogP contribution in [0.1, 0.15) is 25.7 Å². The van der Waals surface area contributed by atoms with E-state index >= 15 is 0 Å². The lowest BCUT2D eigenvalue weighted by atomic mass is 10.2. The number of hydrogen-bond donors (Lipinski definition) is 0. The smallest absolute Gasteiger partial charge is 0.00978 e. The summed E-state index contributed by atoms with van der Waals surface area (Å²) in [6.45, 7) is 0. The monoisotopic (exact) mass is 133 g/mol. The minimum absolute atomic E-state index is 0.980. The lowest BCUT2D eigenvalue weighted by Crippen LogP contribution is -1.69. The highest BCUT2D eigenvalue weighted by atomic mass is 13.9. The summed E-state index contributed by atoms with van der Waals surface area (Å²) in [7, 11) is 0. The van der Waals surface area contributed by atoms with E-state index in [4.69, 9.17) is 0 Å². The van der Waals surface area contributed by atoms with Crippen LogP contribution >= 0.6 is 0 Å². The highest BCUT2D eigenvalue weighted by Crippen LogP contribution is 1.99. The van der Waals surface area contributed by atoms with Crippen LogP contribution in [-0.4, -0.2) is 0 Å². The van der Waals surface area contributed by atoms with Gasteiger partial charge in [-0.25, -0.2) is 0 Å². The standard InChI is InChI=1S/C10H13/c1-2-4-6-8-10-9-7-5-3-1/h1-2,5,8,10H,3-4,6,9H2. The van der Waals surface area contributed by atoms with E-state index in [-0.39, 0.29) is 0 Å². The van der Waals surface area contributed by atoms with Crippen molar-refractivity contribution in [3.05, 3.63) is 36.5 Å². The maximum atomic E-state index is 3.19. The predicted molar refractivity (Wildman–Crippen MR) is 44.6 cm³/mol. The molecule has 1 radical (unpaired) electrons. The van der Waals surface area contributed by atoms with E-state index in [1.807, 2.05) is 0 Å². The Morgan fingerprint density at radius 2 is 1.70 bits per heavy atom. The largest absolute Gasteiger partial charge is 0.0879 e. The van der Waals surface area contributed by atoms with E-state index in [1.165, 1.54) is 12.8 Å². The molecule has 0 aliphatic heterocycles. The molecule has 0 heteroatoms. The zero-order valence-electron chi connectivity index (χ0n) is 6.22. The van der Waals surface area contributed by atoms with Gasteiger partial charge >= 0.3 is 0 Å². The molecule has 0 aromatic heterocycles. The Morgan fingerprint density at radius 3 is 2.60 bits per heavy atom. The first kappa shape index (κ1) is 7.33. The van der Waals surface area contributed by atoms with Gasteiger partial charge in [0.15, 0.2) is 0 Å². The van der Waals surface area contributed by atoms with Crippen LogP contribution in [0.5, 0.6) is 0 Å². The summed E-state index contributed by atoms with van der Waals surface area (Å²) in [6.07, 6.45) is 18.5. The first-order valence-corrected chi connectivity index (χ1v) is 3.85. The molecule has 0 saturated heterocycles. The molecule has 0 amide bonds. The first-order valence-electron chi connectivity index (χ1n) is 3.85. The van der Waals surface area contributed by atoms with Crippen molar-refractivity contribution in [3.8, 4) is 0 Å². The Labute approximate surface area is 62.9 Å². The molecule has 0 heterocycles. The van der Waals surface area contributed by atoms with Gasteiger partial charge in [0.1, 0.15) is 0 Å². The van der Waals surface area contributed by atoms with Crippen LogP contribution in [0.2, 0.25) is 0 Å². The molecule has 10 heavy (non-hydrogen) atoms. The van der Waals surface area contributed by atoms with E-state index in [1.54, 1.807) is 0 Å². The molecule has 0 atom stereocenters. The van der Waals surface area contributed by atoms with Crippen LogP contribution in [0, 0.1) is 6.08 Å². The van der Waals surface area contributed by atoms with E-state index in [2.05, 4.69) is 36.5 Å². The van der Waals surface area contributed by atoms with Gasteiger partial charge < -0.3 is 0 Å². The van der Waals surface area contributed by atoms with Crippen LogP contribution < -0.4 is 0 Å². The Kier molecular flexibility index (Phi) is 3.69. The predicted octanol–water partition coefficient (Wildman–Crippen LogP) is 3.03. The molecule has 0 bridgehead atoms. The second-order valence-electron chi connectivity index (χ2n) is 2.37. The zero-order valence-corrected chi connectivity index (χ0v) is 6.22. The lowest BCUT2D eigenvalue weighted by molar-refractivity contribution is 1.03. The van der Waals surface area contributed by atoms with Gasteiger partial charge in [-0.15, -0.1) is 0 Å². The van der Waals surface area contributed by atoms with Gasteiger partial charge in [0, 0.05) is 0 Å². The molecule has 1 rings (SSSR count). The third-order valence-electron chi connectivity index (χ3n) is 1.47. The summed E-state index contributed by atoms with van der Waals surface area (Å²) in [6, 6.07) is 0. The van der Waals surface area contributed by atoms with Gasteiger partial charge in [0.05, 0.1) is 0 Å². The van der Waals surface area contributed by atoms with Crippen molar-refractivity contribution in [2.75, 3.05) is 0 Å². The molecule has 0 aromatic carbocycles. The van der Waals surface area contributed by atoms with Crippen molar-refractivity contribution in [3.63, 3.8) is 0 Å². The topological polar surface area (TPSA) is 0 Å². The summed E-state index contributed by atoms with van der Waals surface area (Å²) in [5, 5.41) is 0. The normalized spacial score (nSPS) is 19.2. The SMILES string of the molecule is [C]1=CCC=CCCC=CC1. The fraction of sp³-hybridized carbons (Fsp3) is 0.400. The van der Waals surface area contributed by atoms with Crippen molar-refractivity contribution in [1.82, 2.24) is 0 Å². The third-order valence-corrected chi connectivity index (χ3v) is 1.47. The number of hydrogen-bond acceptors (Lipinski definition) is 0. The van der Waals surface area contributed by atoms with E-state index in [9.17, 15) is 0 Å². The molecule has 1 aliphatic carbocycles. The Balaban J connectivity index is 2.38. The highest BCUT2D eigenvalue weighted by Gasteiger charge is 1.79. The highest BCUT2D eigenvalue weighted by molar-refractivity contribution is 4.96. The van der Waals surface area contributed by atoms with Gasteiger partial charge in [-0.3, -0.25) is 0 Å². The second kappa shape index (κ2) is 5.04. The average molecular weight is 133 g/mol. The number of rotatable bonds is 0. The van der Waals surface area contributed by atoms with Crippen LogP contribution in [0.25, 0.3) is 0 Å². The quantitative estimate of drug-likeness (QED) is 0.445. The van der Waals surface area contributed by atoms with Crippen molar-refractivity contribution in [2.24, 2.45) is 0 Å².